The number of carbonyl (C=O) groups excluding carboxylic acids is 1. The maximum absolute atomic E-state index is 13.3. The molecule has 5 nitrogen and oxygen atoms in total. The second kappa shape index (κ2) is 6.08. The number of carboxylic acids is 1. The third kappa shape index (κ3) is 3.38. The molecular formula is C14H13F3N2O3. The van der Waals surface area contributed by atoms with Gasteiger partial charge in [0.1, 0.15) is 17.6 Å². The number of fused-ring (bicyclic) bond motifs is 1. The van der Waals surface area contributed by atoms with Gasteiger partial charge in [-0.15, -0.1) is 0 Å². The van der Waals surface area contributed by atoms with Crippen molar-refractivity contribution in [3.05, 3.63) is 35.3 Å². The van der Waals surface area contributed by atoms with Gasteiger partial charge >= 0.3 is 5.97 Å². The van der Waals surface area contributed by atoms with Crippen molar-refractivity contribution in [1.29, 1.82) is 0 Å². The zero-order valence-corrected chi connectivity index (χ0v) is 11.5. The van der Waals surface area contributed by atoms with Crippen molar-refractivity contribution in [2.75, 3.05) is 0 Å². The van der Waals surface area contributed by atoms with Gasteiger partial charge in [0.15, 0.2) is 0 Å². The molecule has 1 unspecified atom stereocenters. The minimum atomic E-state index is -2.86. The van der Waals surface area contributed by atoms with Crippen LogP contribution in [-0.2, 0) is 4.79 Å². The second-order valence-electron chi connectivity index (χ2n) is 4.86. The van der Waals surface area contributed by atoms with E-state index in [-0.39, 0.29) is 5.69 Å². The van der Waals surface area contributed by atoms with Crippen LogP contribution < -0.4 is 5.32 Å². The van der Waals surface area contributed by atoms with Gasteiger partial charge in [-0.3, -0.25) is 4.79 Å². The van der Waals surface area contributed by atoms with Crippen molar-refractivity contribution in [2.24, 2.45) is 0 Å². The predicted octanol–water partition coefficient (Wildman–Crippen LogP) is 2.45. The number of halogens is 3. The third-order valence-corrected chi connectivity index (χ3v) is 3.17. The number of aromatic nitrogens is 1. The molecule has 2 aromatic rings. The van der Waals surface area contributed by atoms with Crippen LogP contribution in [0.5, 0.6) is 0 Å². The number of alkyl halides is 2. The van der Waals surface area contributed by atoms with E-state index in [0.29, 0.717) is 16.5 Å². The quantitative estimate of drug-likeness (QED) is 0.793. The van der Waals surface area contributed by atoms with Crippen LogP contribution in [-0.4, -0.2) is 34.4 Å². The number of aryl methyl sites for hydroxylation is 1. The first kappa shape index (κ1) is 15.9. The number of amides is 1. The first-order chi connectivity index (χ1) is 10.3. The van der Waals surface area contributed by atoms with E-state index in [2.05, 4.69) is 4.98 Å². The number of nitrogens with one attached hydrogen (secondary N) is 2. The largest absolute Gasteiger partial charge is 0.480 e. The molecule has 1 aromatic heterocycles. The van der Waals surface area contributed by atoms with Crippen molar-refractivity contribution in [3.8, 4) is 0 Å². The first-order valence-electron chi connectivity index (χ1n) is 6.38. The zero-order chi connectivity index (χ0) is 16.4. The molecule has 0 spiro atoms. The Hall–Kier alpha value is -2.51. The Kier molecular flexibility index (Phi) is 4.39. The molecule has 1 amide bonds. The highest BCUT2D eigenvalue weighted by molar-refractivity contribution is 6.00. The minimum Gasteiger partial charge on any atom is -0.480 e. The smallest absolute Gasteiger partial charge is 0.326 e. The molecular weight excluding hydrogens is 301 g/mol. The number of hydrogen-bond donors (Lipinski definition) is 3. The van der Waals surface area contributed by atoms with Crippen molar-refractivity contribution in [1.82, 2.24) is 10.3 Å². The molecule has 0 bridgehead atoms. The molecule has 1 heterocycles. The summed E-state index contributed by atoms with van der Waals surface area (Å²) in [4.78, 5) is 25.5. The van der Waals surface area contributed by atoms with Crippen molar-refractivity contribution in [2.45, 2.75) is 25.8 Å². The maximum atomic E-state index is 13.3. The minimum absolute atomic E-state index is 0.0239. The summed E-state index contributed by atoms with van der Waals surface area (Å²) in [7, 11) is 0. The number of benzene rings is 1. The Morgan fingerprint density at radius 1 is 1.32 bits per heavy atom. The molecule has 0 aliphatic carbocycles. The topological polar surface area (TPSA) is 82.2 Å². The van der Waals surface area contributed by atoms with Gasteiger partial charge in [0.25, 0.3) is 5.91 Å². The number of carboxylic acid groups (broad SMARTS) is 1. The number of carbonyl (C=O) groups is 2. The highest BCUT2D eigenvalue weighted by atomic mass is 19.3. The number of H-pyrrole nitrogens is 1. The van der Waals surface area contributed by atoms with E-state index >= 15 is 0 Å². The number of rotatable bonds is 5. The van der Waals surface area contributed by atoms with Gasteiger partial charge in [-0.25, -0.2) is 18.0 Å². The van der Waals surface area contributed by atoms with E-state index in [1.807, 2.05) is 5.32 Å². The monoisotopic (exact) mass is 314 g/mol. The summed E-state index contributed by atoms with van der Waals surface area (Å²) in [5, 5.41) is 11.4. The van der Waals surface area contributed by atoms with Crippen LogP contribution in [0.1, 0.15) is 22.5 Å². The predicted molar refractivity (Wildman–Crippen MR) is 72.5 cm³/mol. The normalized spacial score (nSPS) is 12.6. The van der Waals surface area contributed by atoms with Crippen LogP contribution in [0, 0.1) is 12.7 Å². The van der Waals surface area contributed by atoms with Gasteiger partial charge in [-0.05, 0) is 30.7 Å². The Morgan fingerprint density at radius 3 is 2.59 bits per heavy atom. The molecule has 118 valence electrons. The average Bonchev–Trinajstić information content (AvgIpc) is 2.81. The van der Waals surface area contributed by atoms with E-state index in [1.165, 1.54) is 18.2 Å². The van der Waals surface area contributed by atoms with Crippen molar-refractivity contribution in [3.63, 3.8) is 0 Å². The van der Waals surface area contributed by atoms with Gasteiger partial charge in [0.2, 0.25) is 6.43 Å². The lowest BCUT2D eigenvalue weighted by Gasteiger charge is -2.13. The van der Waals surface area contributed by atoms with Crippen LogP contribution in [0.15, 0.2) is 18.2 Å². The molecule has 0 fully saturated rings. The molecule has 0 radical (unpaired) electrons. The summed E-state index contributed by atoms with van der Waals surface area (Å²) in [5.41, 5.74) is 0.931. The van der Waals surface area contributed by atoms with Gasteiger partial charge in [-0.2, -0.15) is 0 Å². The lowest BCUT2D eigenvalue weighted by Crippen LogP contribution is -2.42. The van der Waals surface area contributed by atoms with Gasteiger partial charge in [-0.1, -0.05) is 0 Å². The molecule has 0 aliphatic rings. The molecule has 1 aromatic carbocycles. The second-order valence-corrected chi connectivity index (χ2v) is 4.86. The van der Waals surface area contributed by atoms with E-state index in [9.17, 15) is 22.8 Å². The fourth-order valence-corrected chi connectivity index (χ4v) is 2.13. The Bertz CT molecular complexity index is 727. The van der Waals surface area contributed by atoms with Crippen LogP contribution >= 0.6 is 0 Å². The van der Waals surface area contributed by atoms with Crippen LogP contribution in [0.25, 0.3) is 10.9 Å². The average molecular weight is 314 g/mol. The Balaban J connectivity index is 2.25. The SMILES string of the molecule is Cc1cc(F)cc2[nH]c(C(=O)NC(CC(F)F)C(=O)O)cc12. The zero-order valence-electron chi connectivity index (χ0n) is 11.5. The number of aliphatic carboxylic acids is 1. The Morgan fingerprint density at radius 2 is 2.00 bits per heavy atom. The lowest BCUT2D eigenvalue weighted by molar-refractivity contribution is -0.140. The van der Waals surface area contributed by atoms with Crippen LogP contribution in [0.3, 0.4) is 0 Å². The summed E-state index contributed by atoms with van der Waals surface area (Å²) >= 11 is 0. The standard InChI is InChI=1S/C14H13F3N2O3/c1-6-2-7(15)3-9-8(6)4-10(18-9)13(20)19-11(14(21)22)5-12(16)17/h2-4,11-12,18H,5H2,1H3,(H,19,20)(H,21,22). The summed E-state index contributed by atoms with van der Waals surface area (Å²) in [6.45, 7) is 1.65. The lowest BCUT2D eigenvalue weighted by atomic mass is 10.1. The molecule has 1 atom stereocenters. The van der Waals surface area contributed by atoms with Gasteiger partial charge in [0.05, 0.1) is 0 Å². The molecule has 0 saturated carbocycles. The molecule has 3 N–H and O–H groups in total. The third-order valence-electron chi connectivity index (χ3n) is 3.17. The first-order valence-corrected chi connectivity index (χ1v) is 6.38. The van der Waals surface area contributed by atoms with E-state index in [4.69, 9.17) is 5.11 Å². The fraction of sp³-hybridized carbons (Fsp3) is 0.286. The maximum Gasteiger partial charge on any atom is 0.326 e. The number of hydrogen-bond acceptors (Lipinski definition) is 2. The van der Waals surface area contributed by atoms with Crippen LogP contribution in [0.2, 0.25) is 0 Å². The summed E-state index contributed by atoms with van der Waals surface area (Å²) < 4.78 is 37.9. The summed E-state index contributed by atoms with van der Waals surface area (Å²) in [6, 6.07) is 2.19. The number of aromatic amines is 1. The molecule has 2 rings (SSSR count). The highest BCUT2D eigenvalue weighted by Crippen LogP contribution is 2.21. The van der Waals surface area contributed by atoms with E-state index in [1.54, 1.807) is 6.92 Å². The van der Waals surface area contributed by atoms with Crippen LogP contribution in [0.4, 0.5) is 13.2 Å². The molecule has 22 heavy (non-hydrogen) atoms. The fourth-order valence-electron chi connectivity index (χ4n) is 2.13. The van der Waals surface area contributed by atoms with E-state index < -0.39 is 36.6 Å². The molecule has 8 heteroatoms. The molecule has 0 saturated heterocycles. The Labute approximate surface area is 123 Å². The van der Waals surface area contributed by atoms with Crippen molar-refractivity contribution < 1.29 is 27.9 Å². The van der Waals surface area contributed by atoms with Gasteiger partial charge in [0, 0.05) is 17.3 Å². The summed E-state index contributed by atoms with van der Waals surface area (Å²) in [5.74, 6) is -2.88. The summed E-state index contributed by atoms with van der Waals surface area (Å²) in [6.07, 6.45) is -3.85. The van der Waals surface area contributed by atoms with Crippen molar-refractivity contribution >= 4 is 22.8 Å². The van der Waals surface area contributed by atoms with Gasteiger partial charge < -0.3 is 15.4 Å². The van der Waals surface area contributed by atoms with E-state index in [0.717, 1.165) is 0 Å². The molecule has 0 aliphatic heterocycles. The highest BCUT2D eigenvalue weighted by Gasteiger charge is 2.25.